The maximum absolute atomic E-state index is 11.8. The number of rotatable bonds is 7. The molecule has 0 saturated carbocycles. The molecule has 2 amide bonds. The van der Waals surface area contributed by atoms with Gasteiger partial charge in [-0.1, -0.05) is 13.0 Å². The fourth-order valence-corrected chi connectivity index (χ4v) is 1.55. The molecule has 1 aromatic carbocycles. The molecule has 1 aromatic rings. The molecule has 5 heteroatoms. The molecule has 0 aliphatic heterocycles. The zero-order chi connectivity index (χ0) is 14.1. The van der Waals surface area contributed by atoms with Crippen LogP contribution in [0.2, 0.25) is 0 Å². The average molecular weight is 263 g/mol. The molecule has 1 rings (SSSR count). The van der Waals surface area contributed by atoms with Gasteiger partial charge in [0.25, 0.3) is 11.8 Å². The summed E-state index contributed by atoms with van der Waals surface area (Å²) in [7, 11) is 0. The maximum atomic E-state index is 11.8. The Morgan fingerprint density at radius 3 is 2.21 bits per heavy atom. The quantitative estimate of drug-likeness (QED) is 0.639. The molecule has 0 spiro atoms. The zero-order valence-corrected chi connectivity index (χ0v) is 11.2. The van der Waals surface area contributed by atoms with Gasteiger partial charge in [0.2, 0.25) is 0 Å². The minimum atomic E-state index is -0.182. The van der Waals surface area contributed by atoms with Crippen LogP contribution in [-0.4, -0.2) is 31.4 Å². The van der Waals surface area contributed by atoms with E-state index >= 15 is 0 Å². The van der Waals surface area contributed by atoms with Crippen molar-refractivity contribution in [2.75, 3.05) is 19.6 Å². The van der Waals surface area contributed by atoms with Crippen LogP contribution in [-0.2, 0) is 0 Å². The van der Waals surface area contributed by atoms with Crippen LogP contribution < -0.4 is 16.4 Å². The van der Waals surface area contributed by atoms with Crippen molar-refractivity contribution in [2.45, 2.75) is 19.8 Å². The molecule has 0 fully saturated rings. The Hall–Kier alpha value is -1.88. The van der Waals surface area contributed by atoms with E-state index < -0.39 is 0 Å². The van der Waals surface area contributed by atoms with Gasteiger partial charge in [-0.05, 0) is 37.6 Å². The lowest BCUT2D eigenvalue weighted by atomic mass is 10.1. The average Bonchev–Trinajstić information content (AvgIpc) is 2.45. The van der Waals surface area contributed by atoms with E-state index in [2.05, 4.69) is 10.6 Å². The largest absolute Gasteiger partial charge is 0.352 e. The molecule has 5 nitrogen and oxygen atoms in total. The highest BCUT2D eigenvalue weighted by Gasteiger charge is 2.09. The normalized spacial score (nSPS) is 10.0. The van der Waals surface area contributed by atoms with Crippen molar-refractivity contribution in [3.8, 4) is 0 Å². The van der Waals surface area contributed by atoms with Crippen molar-refractivity contribution in [3.05, 3.63) is 35.4 Å². The van der Waals surface area contributed by atoms with E-state index in [1.54, 1.807) is 24.3 Å². The molecule has 0 radical (unpaired) electrons. The molecule has 0 saturated heterocycles. The molecule has 0 aliphatic rings. The van der Waals surface area contributed by atoms with Crippen LogP contribution in [0.15, 0.2) is 24.3 Å². The molecule has 0 unspecified atom stereocenters. The number of nitrogens with two attached hydrogens (primary N) is 1. The first kappa shape index (κ1) is 15.2. The third-order valence-electron chi connectivity index (χ3n) is 2.59. The number of carbonyl (C=O) groups excluding carboxylic acids is 2. The van der Waals surface area contributed by atoms with Crippen LogP contribution in [0.5, 0.6) is 0 Å². The van der Waals surface area contributed by atoms with E-state index in [-0.39, 0.29) is 11.8 Å². The standard InChI is InChI=1S/C14H21N3O2/c1-2-8-16-13(18)11-5-3-6-12(10-11)14(19)17-9-4-7-15/h3,5-6,10H,2,4,7-9,15H2,1H3,(H,16,18)(H,17,19). The van der Waals surface area contributed by atoms with E-state index in [1.807, 2.05) is 6.92 Å². The van der Waals surface area contributed by atoms with Crippen LogP contribution in [0.3, 0.4) is 0 Å². The topological polar surface area (TPSA) is 84.2 Å². The molecule has 0 aromatic heterocycles. The van der Waals surface area contributed by atoms with Gasteiger partial charge in [0.05, 0.1) is 0 Å². The van der Waals surface area contributed by atoms with Crippen molar-refractivity contribution >= 4 is 11.8 Å². The van der Waals surface area contributed by atoms with Gasteiger partial charge in [0.15, 0.2) is 0 Å². The van der Waals surface area contributed by atoms with Gasteiger partial charge >= 0.3 is 0 Å². The fraction of sp³-hybridized carbons (Fsp3) is 0.429. The van der Waals surface area contributed by atoms with Crippen molar-refractivity contribution in [1.29, 1.82) is 0 Å². The van der Waals surface area contributed by atoms with Gasteiger partial charge in [-0.2, -0.15) is 0 Å². The van der Waals surface area contributed by atoms with Crippen molar-refractivity contribution in [3.63, 3.8) is 0 Å². The summed E-state index contributed by atoms with van der Waals surface area (Å²) in [6.07, 6.45) is 1.62. The Labute approximate surface area is 113 Å². The van der Waals surface area contributed by atoms with E-state index in [0.29, 0.717) is 30.8 Å². The van der Waals surface area contributed by atoms with Crippen LogP contribution in [0.4, 0.5) is 0 Å². The van der Waals surface area contributed by atoms with Gasteiger partial charge in [-0.15, -0.1) is 0 Å². The number of benzene rings is 1. The van der Waals surface area contributed by atoms with Crippen LogP contribution in [0.1, 0.15) is 40.5 Å². The lowest BCUT2D eigenvalue weighted by molar-refractivity contribution is 0.0953. The predicted octanol–water partition coefficient (Wildman–Crippen LogP) is 0.905. The number of amides is 2. The lowest BCUT2D eigenvalue weighted by Gasteiger charge is -2.07. The molecule has 0 bridgehead atoms. The summed E-state index contributed by atoms with van der Waals surface area (Å²) >= 11 is 0. The van der Waals surface area contributed by atoms with E-state index in [9.17, 15) is 9.59 Å². The van der Waals surface area contributed by atoms with E-state index in [4.69, 9.17) is 5.73 Å². The third-order valence-corrected chi connectivity index (χ3v) is 2.59. The van der Waals surface area contributed by atoms with E-state index in [1.165, 1.54) is 0 Å². The van der Waals surface area contributed by atoms with Crippen molar-refractivity contribution < 1.29 is 9.59 Å². The lowest BCUT2D eigenvalue weighted by Crippen LogP contribution is -2.27. The Kier molecular flexibility index (Phi) is 6.60. The SMILES string of the molecule is CCCNC(=O)c1cccc(C(=O)NCCCN)c1. The first-order valence-electron chi connectivity index (χ1n) is 6.55. The summed E-state index contributed by atoms with van der Waals surface area (Å²) in [5, 5.41) is 5.54. The van der Waals surface area contributed by atoms with Crippen LogP contribution >= 0.6 is 0 Å². The molecule has 19 heavy (non-hydrogen) atoms. The van der Waals surface area contributed by atoms with Crippen LogP contribution in [0.25, 0.3) is 0 Å². The number of hydrogen-bond acceptors (Lipinski definition) is 3. The zero-order valence-electron chi connectivity index (χ0n) is 11.2. The second-order valence-corrected chi connectivity index (χ2v) is 4.23. The summed E-state index contributed by atoms with van der Waals surface area (Å²) in [5.41, 5.74) is 6.35. The molecule has 4 N–H and O–H groups in total. The molecule has 0 atom stereocenters. The first-order chi connectivity index (χ1) is 9.19. The monoisotopic (exact) mass is 263 g/mol. The number of carbonyl (C=O) groups is 2. The van der Waals surface area contributed by atoms with Gasteiger partial charge in [0.1, 0.15) is 0 Å². The Morgan fingerprint density at radius 2 is 1.68 bits per heavy atom. The summed E-state index contributed by atoms with van der Waals surface area (Å²) < 4.78 is 0. The number of nitrogens with one attached hydrogen (secondary N) is 2. The summed E-state index contributed by atoms with van der Waals surface area (Å²) in [6, 6.07) is 6.69. The summed E-state index contributed by atoms with van der Waals surface area (Å²) in [5.74, 6) is -0.336. The summed E-state index contributed by atoms with van der Waals surface area (Å²) in [6.45, 7) is 3.70. The number of hydrogen-bond donors (Lipinski definition) is 3. The van der Waals surface area contributed by atoms with Gasteiger partial charge in [0, 0.05) is 24.2 Å². The Morgan fingerprint density at radius 1 is 1.11 bits per heavy atom. The van der Waals surface area contributed by atoms with Crippen LogP contribution in [0, 0.1) is 0 Å². The highest BCUT2D eigenvalue weighted by atomic mass is 16.2. The fourth-order valence-electron chi connectivity index (χ4n) is 1.55. The van der Waals surface area contributed by atoms with Crippen molar-refractivity contribution in [2.24, 2.45) is 5.73 Å². The predicted molar refractivity (Wildman–Crippen MR) is 75.1 cm³/mol. The second-order valence-electron chi connectivity index (χ2n) is 4.23. The van der Waals surface area contributed by atoms with Crippen molar-refractivity contribution in [1.82, 2.24) is 10.6 Å². The minimum Gasteiger partial charge on any atom is -0.352 e. The van der Waals surface area contributed by atoms with E-state index in [0.717, 1.165) is 12.8 Å². The first-order valence-corrected chi connectivity index (χ1v) is 6.55. The van der Waals surface area contributed by atoms with Gasteiger partial charge in [-0.3, -0.25) is 9.59 Å². The highest BCUT2D eigenvalue weighted by molar-refractivity contribution is 5.99. The molecule has 0 heterocycles. The Balaban J connectivity index is 2.65. The van der Waals surface area contributed by atoms with Gasteiger partial charge in [-0.25, -0.2) is 0 Å². The third kappa shape index (κ3) is 5.09. The highest BCUT2D eigenvalue weighted by Crippen LogP contribution is 2.05. The Bertz CT molecular complexity index is 432. The molecule has 104 valence electrons. The maximum Gasteiger partial charge on any atom is 0.251 e. The molecular weight excluding hydrogens is 242 g/mol. The van der Waals surface area contributed by atoms with Gasteiger partial charge < -0.3 is 16.4 Å². The molecular formula is C14H21N3O2. The smallest absolute Gasteiger partial charge is 0.251 e. The molecule has 0 aliphatic carbocycles. The summed E-state index contributed by atoms with van der Waals surface area (Å²) in [4.78, 5) is 23.6. The minimum absolute atomic E-state index is 0.154. The second kappa shape index (κ2) is 8.26.